The highest BCUT2D eigenvalue weighted by Gasteiger charge is 2.13. The monoisotopic (exact) mass is 370 g/mol. The number of halogens is 2. The Bertz CT molecular complexity index is 1030. The molecule has 1 heterocycles. The van der Waals surface area contributed by atoms with E-state index in [-0.39, 0.29) is 16.9 Å². The third-order valence-electron chi connectivity index (χ3n) is 3.57. The molecule has 136 valence electrons. The lowest BCUT2D eigenvalue weighted by molar-refractivity contribution is -0.385. The van der Waals surface area contributed by atoms with Crippen LogP contribution in [-0.2, 0) is 4.79 Å². The van der Waals surface area contributed by atoms with Gasteiger partial charge in [0, 0.05) is 24.2 Å². The molecule has 0 aliphatic heterocycles. The first-order valence-corrected chi connectivity index (χ1v) is 7.66. The van der Waals surface area contributed by atoms with E-state index in [4.69, 9.17) is 0 Å². The topological polar surface area (TPSA) is 90.1 Å². The van der Waals surface area contributed by atoms with Crippen LogP contribution in [-0.4, -0.2) is 20.6 Å². The van der Waals surface area contributed by atoms with Gasteiger partial charge in [-0.2, -0.15) is 5.10 Å². The zero-order chi connectivity index (χ0) is 19.4. The van der Waals surface area contributed by atoms with Gasteiger partial charge in [-0.25, -0.2) is 13.5 Å². The van der Waals surface area contributed by atoms with Crippen LogP contribution in [0.2, 0.25) is 0 Å². The molecule has 0 aliphatic carbocycles. The van der Waals surface area contributed by atoms with E-state index in [1.165, 1.54) is 35.2 Å². The Morgan fingerprint density at radius 1 is 1.22 bits per heavy atom. The normalized spacial score (nSPS) is 10.9. The van der Waals surface area contributed by atoms with E-state index in [2.05, 4.69) is 10.4 Å². The number of rotatable bonds is 5. The van der Waals surface area contributed by atoms with Crippen molar-refractivity contribution < 1.29 is 18.5 Å². The Morgan fingerprint density at radius 2 is 2.04 bits per heavy atom. The summed E-state index contributed by atoms with van der Waals surface area (Å²) in [6, 6.07) is 8.72. The fourth-order valence-electron chi connectivity index (χ4n) is 2.35. The molecule has 0 spiro atoms. The van der Waals surface area contributed by atoms with Gasteiger partial charge in [0.25, 0.3) is 5.69 Å². The van der Waals surface area contributed by atoms with E-state index in [9.17, 15) is 23.7 Å². The van der Waals surface area contributed by atoms with Crippen LogP contribution >= 0.6 is 0 Å². The molecule has 7 nitrogen and oxygen atoms in total. The second-order valence-electron chi connectivity index (χ2n) is 5.40. The van der Waals surface area contributed by atoms with Crippen LogP contribution in [0.25, 0.3) is 11.8 Å². The van der Waals surface area contributed by atoms with Crippen molar-refractivity contribution in [1.29, 1.82) is 0 Å². The second-order valence-corrected chi connectivity index (χ2v) is 5.40. The molecule has 1 amide bonds. The number of anilines is 1. The van der Waals surface area contributed by atoms with Crippen molar-refractivity contribution in [2.75, 3.05) is 5.32 Å². The number of aromatic nitrogens is 2. The third kappa shape index (κ3) is 4.21. The summed E-state index contributed by atoms with van der Waals surface area (Å²) in [7, 11) is 0. The summed E-state index contributed by atoms with van der Waals surface area (Å²) < 4.78 is 28.6. The quantitative estimate of drug-likeness (QED) is 0.421. The summed E-state index contributed by atoms with van der Waals surface area (Å²) in [5, 5.41) is 17.3. The van der Waals surface area contributed by atoms with E-state index < -0.39 is 28.2 Å². The van der Waals surface area contributed by atoms with Crippen LogP contribution in [0.4, 0.5) is 20.2 Å². The molecule has 1 aromatic heterocycles. The first kappa shape index (κ1) is 17.9. The number of carbonyl (C=O) groups excluding carboxylic acids is 1. The van der Waals surface area contributed by atoms with E-state index in [1.54, 1.807) is 12.3 Å². The number of amides is 1. The average Bonchev–Trinajstić information content (AvgIpc) is 3.15. The molecule has 0 atom stereocenters. The van der Waals surface area contributed by atoms with Gasteiger partial charge in [-0.15, -0.1) is 0 Å². The Hall–Kier alpha value is -3.88. The maximum atomic E-state index is 14.2. The standard InChI is InChI=1S/C18H12F2N4O3/c19-13-4-2-12(17(10-13)24(26)27)3-7-18(25)22-14-5-6-16(15(20)11-14)23-9-1-8-21-23/h1-11H,(H,22,25)/b7-3+. The molecular formula is C18H12F2N4O3. The van der Waals surface area contributed by atoms with Gasteiger partial charge in [0.1, 0.15) is 11.5 Å². The van der Waals surface area contributed by atoms with Crippen LogP contribution in [0.15, 0.2) is 60.9 Å². The van der Waals surface area contributed by atoms with Crippen molar-refractivity contribution in [3.05, 3.63) is 88.2 Å². The van der Waals surface area contributed by atoms with Crippen LogP contribution in [0.5, 0.6) is 0 Å². The molecule has 0 saturated heterocycles. The van der Waals surface area contributed by atoms with Crippen molar-refractivity contribution in [2.24, 2.45) is 0 Å². The summed E-state index contributed by atoms with van der Waals surface area (Å²) in [5.74, 6) is -1.97. The molecule has 27 heavy (non-hydrogen) atoms. The number of carbonyl (C=O) groups is 1. The minimum atomic E-state index is -0.754. The van der Waals surface area contributed by atoms with E-state index >= 15 is 0 Å². The van der Waals surface area contributed by atoms with Crippen molar-refractivity contribution in [3.63, 3.8) is 0 Å². The minimum Gasteiger partial charge on any atom is -0.322 e. The van der Waals surface area contributed by atoms with Crippen molar-refractivity contribution in [3.8, 4) is 5.69 Å². The second kappa shape index (κ2) is 7.56. The third-order valence-corrected chi connectivity index (χ3v) is 3.57. The molecule has 0 unspecified atom stereocenters. The van der Waals surface area contributed by atoms with Gasteiger partial charge in [-0.1, -0.05) is 0 Å². The summed E-state index contributed by atoms with van der Waals surface area (Å²) in [5.41, 5.74) is 0.0209. The van der Waals surface area contributed by atoms with Gasteiger partial charge >= 0.3 is 0 Å². The van der Waals surface area contributed by atoms with Gasteiger partial charge < -0.3 is 5.32 Å². The summed E-state index contributed by atoms with van der Waals surface area (Å²) in [4.78, 5) is 22.2. The highest BCUT2D eigenvalue weighted by atomic mass is 19.1. The van der Waals surface area contributed by atoms with Crippen LogP contribution < -0.4 is 5.32 Å². The SMILES string of the molecule is O=C(/C=C/c1ccc(F)cc1[N+](=O)[O-])Nc1ccc(-n2cccn2)c(F)c1. The molecule has 0 radical (unpaired) electrons. The van der Waals surface area contributed by atoms with Crippen molar-refractivity contribution in [1.82, 2.24) is 9.78 Å². The number of hydrogen-bond acceptors (Lipinski definition) is 4. The van der Waals surface area contributed by atoms with E-state index in [1.807, 2.05) is 0 Å². The smallest absolute Gasteiger partial charge is 0.279 e. The molecule has 1 N–H and O–H groups in total. The zero-order valence-corrected chi connectivity index (χ0v) is 13.7. The Kier molecular flexibility index (Phi) is 5.02. The number of nitrogens with zero attached hydrogens (tertiary/aromatic N) is 3. The van der Waals surface area contributed by atoms with Gasteiger partial charge in [0.05, 0.1) is 16.6 Å². The van der Waals surface area contributed by atoms with Crippen molar-refractivity contribution in [2.45, 2.75) is 0 Å². The van der Waals surface area contributed by atoms with Gasteiger partial charge in [-0.3, -0.25) is 14.9 Å². The average molecular weight is 370 g/mol. The molecule has 0 bridgehead atoms. The highest BCUT2D eigenvalue weighted by molar-refractivity contribution is 6.02. The van der Waals surface area contributed by atoms with Crippen LogP contribution in [0.1, 0.15) is 5.56 Å². The molecule has 0 aliphatic rings. The number of nitrogens with one attached hydrogen (secondary N) is 1. The largest absolute Gasteiger partial charge is 0.322 e. The predicted molar refractivity (Wildman–Crippen MR) is 94.2 cm³/mol. The number of benzene rings is 2. The fourth-order valence-corrected chi connectivity index (χ4v) is 2.35. The zero-order valence-electron chi connectivity index (χ0n) is 13.7. The molecule has 3 rings (SSSR count). The van der Waals surface area contributed by atoms with Crippen molar-refractivity contribution >= 4 is 23.4 Å². The Morgan fingerprint density at radius 3 is 2.70 bits per heavy atom. The first-order chi connectivity index (χ1) is 12.9. The maximum Gasteiger partial charge on any atom is 0.279 e. The number of nitro groups is 1. The molecule has 9 heteroatoms. The van der Waals surface area contributed by atoms with Crippen LogP contribution in [0.3, 0.4) is 0 Å². The van der Waals surface area contributed by atoms with Gasteiger partial charge in [0.15, 0.2) is 5.82 Å². The number of nitro benzene ring substituents is 1. The fraction of sp³-hybridized carbons (Fsp3) is 0. The lowest BCUT2D eigenvalue weighted by Crippen LogP contribution is -2.09. The van der Waals surface area contributed by atoms with Gasteiger partial charge in [-0.05, 0) is 42.5 Å². The Labute approximate surface area is 151 Å². The molecule has 2 aromatic carbocycles. The summed E-state index contributed by atoms with van der Waals surface area (Å²) in [6.07, 6.45) is 5.31. The highest BCUT2D eigenvalue weighted by Crippen LogP contribution is 2.21. The van der Waals surface area contributed by atoms with Crippen LogP contribution in [0, 0.1) is 21.7 Å². The summed E-state index contributed by atoms with van der Waals surface area (Å²) >= 11 is 0. The molecule has 0 fully saturated rings. The number of hydrogen-bond donors (Lipinski definition) is 1. The lowest BCUT2D eigenvalue weighted by Gasteiger charge is -2.06. The maximum absolute atomic E-state index is 14.2. The minimum absolute atomic E-state index is 0.0664. The molecular weight excluding hydrogens is 358 g/mol. The molecule has 3 aromatic rings. The lowest BCUT2D eigenvalue weighted by atomic mass is 10.1. The Balaban J connectivity index is 1.74. The van der Waals surface area contributed by atoms with E-state index in [0.29, 0.717) is 0 Å². The van der Waals surface area contributed by atoms with E-state index in [0.717, 1.165) is 24.3 Å². The first-order valence-electron chi connectivity index (χ1n) is 7.66. The summed E-state index contributed by atoms with van der Waals surface area (Å²) in [6.45, 7) is 0. The van der Waals surface area contributed by atoms with Gasteiger partial charge in [0.2, 0.25) is 5.91 Å². The molecule has 0 saturated carbocycles. The predicted octanol–water partition coefficient (Wildman–Crippen LogP) is 3.71.